The summed E-state index contributed by atoms with van der Waals surface area (Å²) in [6, 6.07) is 10.3. The van der Waals surface area contributed by atoms with Gasteiger partial charge in [-0.3, -0.25) is 4.79 Å². The van der Waals surface area contributed by atoms with Gasteiger partial charge in [-0.1, -0.05) is 44.9 Å². The standard InChI is InChI=1S/C20H32N2O/c1-3-5-14-21(15-6-4-2)19-12-16-22(17-13-19)20(23)18-10-8-7-9-11-18/h7-11,19H,3-6,12-17H2,1-2H3. The molecule has 0 aliphatic carbocycles. The molecule has 1 aromatic rings. The summed E-state index contributed by atoms with van der Waals surface area (Å²) in [7, 11) is 0. The fourth-order valence-corrected chi connectivity index (χ4v) is 3.40. The van der Waals surface area contributed by atoms with Crippen molar-refractivity contribution in [1.29, 1.82) is 0 Å². The Bertz CT molecular complexity index is 444. The summed E-state index contributed by atoms with van der Waals surface area (Å²) in [5.74, 6) is 0.192. The Kier molecular flexibility index (Phi) is 7.60. The number of nitrogens with zero attached hydrogens (tertiary/aromatic N) is 2. The van der Waals surface area contributed by atoms with E-state index in [2.05, 4.69) is 18.7 Å². The van der Waals surface area contributed by atoms with Crippen LogP contribution in [0.25, 0.3) is 0 Å². The molecule has 1 aliphatic heterocycles. The highest BCUT2D eigenvalue weighted by molar-refractivity contribution is 5.94. The summed E-state index contributed by atoms with van der Waals surface area (Å²) in [5.41, 5.74) is 0.819. The van der Waals surface area contributed by atoms with Crippen molar-refractivity contribution < 1.29 is 4.79 Å². The molecule has 0 aromatic heterocycles. The number of hydrogen-bond acceptors (Lipinski definition) is 2. The van der Waals surface area contributed by atoms with Crippen LogP contribution < -0.4 is 0 Å². The van der Waals surface area contributed by atoms with Crippen LogP contribution in [0.15, 0.2) is 30.3 Å². The molecule has 1 aromatic carbocycles. The molecule has 1 aliphatic rings. The van der Waals surface area contributed by atoms with E-state index < -0.39 is 0 Å². The van der Waals surface area contributed by atoms with Crippen molar-refractivity contribution in [1.82, 2.24) is 9.80 Å². The molecule has 3 heteroatoms. The van der Waals surface area contributed by atoms with Gasteiger partial charge in [-0.25, -0.2) is 0 Å². The van der Waals surface area contributed by atoms with Crippen LogP contribution in [0.1, 0.15) is 62.7 Å². The van der Waals surface area contributed by atoms with Gasteiger partial charge < -0.3 is 9.80 Å². The zero-order valence-corrected chi connectivity index (χ0v) is 14.8. The van der Waals surface area contributed by atoms with E-state index in [9.17, 15) is 4.79 Å². The van der Waals surface area contributed by atoms with Gasteiger partial charge in [0.25, 0.3) is 5.91 Å². The van der Waals surface area contributed by atoms with Crippen molar-refractivity contribution in [2.45, 2.75) is 58.4 Å². The summed E-state index contributed by atoms with van der Waals surface area (Å²) >= 11 is 0. The minimum Gasteiger partial charge on any atom is -0.339 e. The van der Waals surface area contributed by atoms with E-state index in [-0.39, 0.29) is 5.91 Å². The second-order valence-electron chi connectivity index (χ2n) is 6.63. The van der Waals surface area contributed by atoms with Gasteiger partial charge in [0.05, 0.1) is 0 Å². The summed E-state index contributed by atoms with van der Waals surface area (Å²) < 4.78 is 0. The van der Waals surface area contributed by atoms with Crippen LogP contribution >= 0.6 is 0 Å². The van der Waals surface area contributed by atoms with Crippen molar-refractivity contribution in [3.8, 4) is 0 Å². The predicted molar refractivity (Wildman–Crippen MR) is 96.8 cm³/mol. The second-order valence-corrected chi connectivity index (χ2v) is 6.63. The molecular weight excluding hydrogens is 284 g/mol. The minimum atomic E-state index is 0.192. The molecule has 23 heavy (non-hydrogen) atoms. The Hall–Kier alpha value is -1.35. The lowest BCUT2D eigenvalue weighted by Crippen LogP contribution is -2.47. The van der Waals surface area contributed by atoms with Crippen molar-refractivity contribution >= 4 is 5.91 Å². The summed E-state index contributed by atoms with van der Waals surface area (Å²) in [6.45, 7) is 8.75. The number of likely N-dealkylation sites (tertiary alicyclic amines) is 1. The fourth-order valence-electron chi connectivity index (χ4n) is 3.40. The lowest BCUT2D eigenvalue weighted by Gasteiger charge is -2.38. The molecule has 2 rings (SSSR count). The van der Waals surface area contributed by atoms with Crippen molar-refractivity contribution in [3.05, 3.63) is 35.9 Å². The third-order valence-electron chi connectivity index (χ3n) is 4.89. The maximum atomic E-state index is 12.5. The summed E-state index contributed by atoms with van der Waals surface area (Å²) in [6.07, 6.45) is 7.32. The number of carbonyl (C=O) groups is 1. The minimum absolute atomic E-state index is 0.192. The zero-order chi connectivity index (χ0) is 16.5. The summed E-state index contributed by atoms with van der Waals surface area (Å²) in [5, 5.41) is 0. The van der Waals surface area contributed by atoms with Gasteiger partial charge in [-0.2, -0.15) is 0 Å². The molecule has 1 fully saturated rings. The van der Waals surface area contributed by atoms with Crippen LogP contribution in [0.5, 0.6) is 0 Å². The fraction of sp³-hybridized carbons (Fsp3) is 0.650. The number of amides is 1. The Morgan fingerprint density at radius 3 is 2.13 bits per heavy atom. The van der Waals surface area contributed by atoms with Gasteiger partial charge in [0, 0.05) is 24.7 Å². The van der Waals surface area contributed by atoms with Crippen molar-refractivity contribution in [2.24, 2.45) is 0 Å². The Morgan fingerprint density at radius 2 is 1.61 bits per heavy atom. The first kappa shape index (κ1) is 18.0. The second kappa shape index (κ2) is 9.71. The molecule has 0 bridgehead atoms. The third kappa shape index (κ3) is 5.35. The van der Waals surface area contributed by atoms with Crippen molar-refractivity contribution in [3.63, 3.8) is 0 Å². The lowest BCUT2D eigenvalue weighted by atomic mass is 10.0. The first-order chi connectivity index (χ1) is 11.3. The SMILES string of the molecule is CCCCN(CCCC)C1CCN(C(=O)c2ccccc2)CC1. The topological polar surface area (TPSA) is 23.6 Å². The molecular formula is C20H32N2O. The number of unbranched alkanes of at least 4 members (excludes halogenated alkanes) is 2. The van der Waals surface area contributed by atoms with Crippen LogP contribution in [0, 0.1) is 0 Å². The highest BCUT2D eigenvalue weighted by Gasteiger charge is 2.26. The monoisotopic (exact) mass is 316 g/mol. The number of hydrogen-bond donors (Lipinski definition) is 0. The van der Waals surface area contributed by atoms with Gasteiger partial charge in [-0.05, 0) is 50.9 Å². The normalized spacial score (nSPS) is 16.0. The molecule has 0 atom stereocenters. The molecule has 128 valence electrons. The highest BCUT2D eigenvalue weighted by atomic mass is 16.2. The third-order valence-corrected chi connectivity index (χ3v) is 4.89. The zero-order valence-electron chi connectivity index (χ0n) is 14.8. The molecule has 0 spiro atoms. The molecule has 0 saturated carbocycles. The van der Waals surface area contributed by atoms with E-state index in [1.54, 1.807) is 0 Å². The largest absolute Gasteiger partial charge is 0.339 e. The van der Waals surface area contributed by atoms with Crippen LogP contribution in [0.4, 0.5) is 0 Å². The van der Waals surface area contributed by atoms with Crippen LogP contribution in [0.3, 0.4) is 0 Å². The van der Waals surface area contributed by atoms with Gasteiger partial charge >= 0.3 is 0 Å². The van der Waals surface area contributed by atoms with Gasteiger partial charge in [0.2, 0.25) is 0 Å². The van der Waals surface area contributed by atoms with Gasteiger partial charge in [-0.15, -0.1) is 0 Å². The van der Waals surface area contributed by atoms with E-state index in [0.717, 1.165) is 31.5 Å². The van der Waals surface area contributed by atoms with Crippen LogP contribution in [-0.2, 0) is 0 Å². The molecule has 0 unspecified atom stereocenters. The van der Waals surface area contributed by atoms with E-state index >= 15 is 0 Å². The van der Waals surface area contributed by atoms with E-state index in [1.807, 2.05) is 35.2 Å². The molecule has 1 amide bonds. The highest BCUT2D eigenvalue weighted by Crippen LogP contribution is 2.19. The Labute approximate surface area is 141 Å². The smallest absolute Gasteiger partial charge is 0.253 e. The van der Waals surface area contributed by atoms with E-state index in [1.165, 1.54) is 38.8 Å². The average molecular weight is 316 g/mol. The van der Waals surface area contributed by atoms with Crippen LogP contribution in [0.2, 0.25) is 0 Å². The first-order valence-electron chi connectivity index (χ1n) is 9.34. The Morgan fingerprint density at radius 1 is 1.04 bits per heavy atom. The lowest BCUT2D eigenvalue weighted by molar-refractivity contribution is 0.0614. The maximum Gasteiger partial charge on any atom is 0.253 e. The number of carbonyl (C=O) groups excluding carboxylic acids is 1. The summed E-state index contributed by atoms with van der Waals surface area (Å²) in [4.78, 5) is 17.2. The van der Waals surface area contributed by atoms with Crippen molar-refractivity contribution in [2.75, 3.05) is 26.2 Å². The molecule has 3 nitrogen and oxygen atoms in total. The maximum absolute atomic E-state index is 12.5. The van der Waals surface area contributed by atoms with Crippen LogP contribution in [-0.4, -0.2) is 47.9 Å². The van der Waals surface area contributed by atoms with E-state index in [4.69, 9.17) is 0 Å². The number of piperidine rings is 1. The Balaban J connectivity index is 1.87. The molecule has 0 N–H and O–H groups in total. The molecule has 1 saturated heterocycles. The predicted octanol–water partition coefficient (Wildman–Crippen LogP) is 4.19. The quantitative estimate of drug-likeness (QED) is 0.718. The number of benzene rings is 1. The molecule has 1 heterocycles. The van der Waals surface area contributed by atoms with Gasteiger partial charge in [0.15, 0.2) is 0 Å². The van der Waals surface area contributed by atoms with E-state index in [0.29, 0.717) is 6.04 Å². The van der Waals surface area contributed by atoms with Gasteiger partial charge in [0.1, 0.15) is 0 Å². The first-order valence-corrected chi connectivity index (χ1v) is 9.34. The number of rotatable bonds is 8. The average Bonchev–Trinajstić information content (AvgIpc) is 2.62. The molecule has 0 radical (unpaired) electrons.